The number of anilines is 1. The molecule has 2 aromatic rings. The van der Waals surface area contributed by atoms with Crippen LogP contribution in [0, 0.1) is 0 Å². The van der Waals surface area contributed by atoms with Crippen LogP contribution in [0.25, 0.3) is 10.9 Å². The van der Waals surface area contributed by atoms with Crippen molar-refractivity contribution >= 4 is 22.6 Å². The van der Waals surface area contributed by atoms with Crippen LogP contribution in [0.2, 0.25) is 0 Å². The lowest BCUT2D eigenvalue weighted by Gasteiger charge is -2.28. The Morgan fingerprint density at radius 1 is 1.24 bits per heavy atom. The summed E-state index contributed by atoms with van der Waals surface area (Å²) in [5, 5.41) is 7.05. The standard InChI is InChI=1S/C17H23N3O/c1-5-17(3,6-2)20-16(21)13-11-15(18-4)19-14-10-8-7-9-12(13)14/h7-11H,5-6H2,1-4H3,(H,18,19)(H,20,21). The molecule has 1 aromatic carbocycles. The fourth-order valence-electron chi connectivity index (χ4n) is 2.26. The van der Waals surface area contributed by atoms with Gasteiger partial charge in [0, 0.05) is 18.0 Å². The fraction of sp³-hybridized carbons (Fsp3) is 0.412. The molecule has 0 atom stereocenters. The van der Waals surface area contributed by atoms with E-state index in [0.717, 1.165) is 23.7 Å². The Hall–Kier alpha value is -2.10. The van der Waals surface area contributed by atoms with E-state index < -0.39 is 0 Å². The maximum Gasteiger partial charge on any atom is 0.252 e. The summed E-state index contributed by atoms with van der Waals surface area (Å²) < 4.78 is 0. The molecule has 112 valence electrons. The van der Waals surface area contributed by atoms with Gasteiger partial charge in [-0.3, -0.25) is 4.79 Å². The van der Waals surface area contributed by atoms with Crippen molar-refractivity contribution in [1.29, 1.82) is 0 Å². The van der Waals surface area contributed by atoms with E-state index in [1.165, 1.54) is 0 Å². The van der Waals surface area contributed by atoms with E-state index in [1.807, 2.05) is 30.3 Å². The molecule has 4 heteroatoms. The Morgan fingerprint density at radius 2 is 1.90 bits per heavy atom. The zero-order valence-electron chi connectivity index (χ0n) is 13.2. The number of hydrogen-bond donors (Lipinski definition) is 2. The quantitative estimate of drug-likeness (QED) is 0.882. The molecule has 0 saturated heterocycles. The Morgan fingerprint density at radius 3 is 2.52 bits per heavy atom. The van der Waals surface area contributed by atoms with Crippen LogP contribution in [-0.4, -0.2) is 23.5 Å². The number of nitrogens with one attached hydrogen (secondary N) is 2. The van der Waals surface area contributed by atoms with Crippen molar-refractivity contribution in [3.63, 3.8) is 0 Å². The first-order valence-corrected chi connectivity index (χ1v) is 7.43. The molecule has 0 aliphatic carbocycles. The molecule has 0 fully saturated rings. The average molecular weight is 285 g/mol. The van der Waals surface area contributed by atoms with Gasteiger partial charge in [0.15, 0.2) is 0 Å². The lowest BCUT2D eigenvalue weighted by atomic mass is 9.94. The topological polar surface area (TPSA) is 54.0 Å². The smallest absolute Gasteiger partial charge is 0.252 e. The first-order chi connectivity index (χ1) is 10.0. The molecular weight excluding hydrogens is 262 g/mol. The molecular formula is C17H23N3O. The van der Waals surface area contributed by atoms with Gasteiger partial charge in [0.1, 0.15) is 5.82 Å². The largest absolute Gasteiger partial charge is 0.373 e. The Labute approximate surface area is 126 Å². The lowest BCUT2D eigenvalue weighted by molar-refractivity contribution is 0.0903. The predicted octanol–water partition coefficient (Wildman–Crippen LogP) is 3.59. The molecule has 0 aliphatic heterocycles. The van der Waals surface area contributed by atoms with Gasteiger partial charge < -0.3 is 10.6 Å². The minimum atomic E-state index is -0.179. The number of fused-ring (bicyclic) bond motifs is 1. The molecule has 4 nitrogen and oxygen atoms in total. The van der Waals surface area contributed by atoms with Crippen molar-refractivity contribution in [1.82, 2.24) is 10.3 Å². The zero-order valence-corrected chi connectivity index (χ0v) is 13.2. The molecule has 0 radical (unpaired) electrons. The number of nitrogens with zero attached hydrogens (tertiary/aromatic N) is 1. The van der Waals surface area contributed by atoms with Crippen LogP contribution in [0.1, 0.15) is 44.0 Å². The van der Waals surface area contributed by atoms with E-state index in [9.17, 15) is 4.79 Å². The average Bonchev–Trinajstić information content (AvgIpc) is 2.53. The van der Waals surface area contributed by atoms with Gasteiger partial charge in [-0.05, 0) is 31.9 Å². The number of hydrogen-bond acceptors (Lipinski definition) is 3. The van der Waals surface area contributed by atoms with Gasteiger partial charge in [-0.15, -0.1) is 0 Å². The summed E-state index contributed by atoms with van der Waals surface area (Å²) in [5.41, 5.74) is 1.31. The van der Waals surface area contributed by atoms with Crippen LogP contribution in [0.15, 0.2) is 30.3 Å². The van der Waals surface area contributed by atoms with E-state index in [4.69, 9.17) is 0 Å². The second kappa shape index (κ2) is 6.12. The first-order valence-electron chi connectivity index (χ1n) is 7.43. The number of pyridine rings is 1. The van der Waals surface area contributed by atoms with E-state index in [1.54, 1.807) is 7.05 Å². The summed E-state index contributed by atoms with van der Waals surface area (Å²) in [4.78, 5) is 17.2. The van der Waals surface area contributed by atoms with Gasteiger partial charge in [-0.25, -0.2) is 4.98 Å². The number of aromatic nitrogens is 1. The molecule has 0 unspecified atom stereocenters. The van der Waals surface area contributed by atoms with Crippen LogP contribution in [-0.2, 0) is 0 Å². The number of para-hydroxylation sites is 1. The Kier molecular flexibility index (Phi) is 4.46. The van der Waals surface area contributed by atoms with Crippen LogP contribution < -0.4 is 10.6 Å². The summed E-state index contributed by atoms with van der Waals surface area (Å²) >= 11 is 0. The fourth-order valence-corrected chi connectivity index (χ4v) is 2.26. The highest BCUT2D eigenvalue weighted by molar-refractivity contribution is 6.07. The summed E-state index contributed by atoms with van der Waals surface area (Å²) in [6, 6.07) is 9.53. The minimum absolute atomic E-state index is 0.0451. The maximum absolute atomic E-state index is 12.7. The van der Waals surface area contributed by atoms with Crippen LogP contribution in [0.4, 0.5) is 5.82 Å². The highest BCUT2D eigenvalue weighted by Gasteiger charge is 2.23. The van der Waals surface area contributed by atoms with Crippen molar-refractivity contribution in [2.45, 2.75) is 39.2 Å². The molecule has 1 aromatic heterocycles. The third kappa shape index (κ3) is 3.15. The number of benzene rings is 1. The van der Waals surface area contributed by atoms with E-state index in [2.05, 4.69) is 36.4 Å². The summed E-state index contributed by atoms with van der Waals surface area (Å²) in [6.45, 7) is 6.26. The van der Waals surface area contributed by atoms with Crippen molar-refractivity contribution in [2.75, 3.05) is 12.4 Å². The van der Waals surface area contributed by atoms with Gasteiger partial charge in [-0.2, -0.15) is 0 Å². The molecule has 0 saturated carbocycles. The minimum Gasteiger partial charge on any atom is -0.373 e. The van der Waals surface area contributed by atoms with Crippen molar-refractivity contribution in [3.8, 4) is 0 Å². The van der Waals surface area contributed by atoms with Crippen LogP contribution in [0.5, 0.6) is 0 Å². The SMILES string of the molecule is CCC(C)(CC)NC(=O)c1cc(NC)nc2ccccc12. The Bertz CT molecular complexity index is 648. The van der Waals surface area contributed by atoms with Crippen LogP contribution >= 0.6 is 0 Å². The van der Waals surface area contributed by atoms with Crippen molar-refractivity contribution < 1.29 is 4.79 Å². The first kappa shape index (κ1) is 15.3. The molecule has 0 spiro atoms. The van der Waals surface area contributed by atoms with Gasteiger partial charge in [0.2, 0.25) is 0 Å². The van der Waals surface area contributed by atoms with E-state index >= 15 is 0 Å². The number of amides is 1. The monoisotopic (exact) mass is 285 g/mol. The molecule has 2 N–H and O–H groups in total. The third-order valence-corrected chi connectivity index (χ3v) is 4.19. The van der Waals surface area contributed by atoms with Crippen molar-refractivity contribution in [2.24, 2.45) is 0 Å². The zero-order chi connectivity index (χ0) is 15.5. The lowest BCUT2D eigenvalue weighted by Crippen LogP contribution is -2.45. The van der Waals surface area contributed by atoms with E-state index in [0.29, 0.717) is 11.4 Å². The number of carbonyl (C=O) groups excluding carboxylic acids is 1. The van der Waals surface area contributed by atoms with Gasteiger partial charge in [0.25, 0.3) is 5.91 Å². The maximum atomic E-state index is 12.7. The molecule has 0 aliphatic rings. The third-order valence-electron chi connectivity index (χ3n) is 4.19. The summed E-state index contributed by atoms with van der Waals surface area (Å²) in [7, 11) is 1.81. The normalized spacial score (nSPS) is 11.4. The van der Waals surface area contributed by atoms with Crippen LogP contribution in [0.3, 0.4) is 0 Å². The van der Waals surface area contributed by atoms with Crippen molar-refractivity contribution in [3.05, 3.63) is 35.9 Å². The second-order valence-electron chi connectivity index (χ2n) is 5.54. The summed E-state index contributed by atoms with van der Waals surface area (Å²) in [6.07, 6.45) is 1.80. The van der Waals surface area contributed by atoms with Gasteiger partial charge >= 0.3 is 0 Å². The predicted molar refractivity (Wildman–Crippen MR) is 87.7 cm³/mol. The number of rotatable bonds is 5. The second-order valence-corrected chi connectivity index (χ2v) is 5.54. The molecule has 0 bridgehead atoms. The molecule has 1 heterocycles. The molecule has 1 amide bonds. The highest BCUT2D eigenvalue weighted by Crippen LogP contribution is 2.22. The summed E-state index contributed by atoms with van der Waals surface area (Å²) in [5.74, 6) is 0.657. The van der Waals surface area contributed by atoms with E-state index in [-0.39, 0.29) is 11.4 Å². The molecule has 2 rings (SSSR count). The van der Waals surface area contributed by atoms with Gasteiger partial charge in [0.05, 0.1) is 11.1 Å². The van der Waals surface area contributed by atoms with Gasteiger partial charge in [-0.1, -0.05) is 32.0 Å². The highest BCUT2D eigenvalue weighted by atomic mass is 16.1. The molecule has 21 heavy (non-hydrogen) atoms. The Balaban J connectivity index is 2.47. The number of carbonyl (C=O) groups is 1.